The molecule has 3 rings (SSSR count). The van der Waals surface area contributed by atoms with Crippen molar-refractivity contribution in [2.45, 2.75) is 20.1 Å². The van der Waals surface area contributed by atoms with Gasteiger partial charge in [0.2, 0.25) is 0 Å². The number of hydrogen-bond donors (Lipinski definition) is 1. The lowest BCUT2D eigenvalue weighted by atomic mass is 10.0. The van der Waals surface area contributed by atoms with Crippen molar-refractivity contribution in [3.05, 3.63) is 101 Å². The van der Waals surface area contributed by atoms with Crippen molar-refractivity contribution in [3.63, 3.8) is 0 Å². The zero-order valence-electron chi connectivity index (χ0n) is 15.4. The van der Waals surface area contributed by atoms with E-state index >= 15 is 0 Å². The number of carbonyl (C=O) groups is 2. The van der Waals surface area contributed by atoms with Crippen molar-refractivity contribution in [2.75, 3.05) is 0 Å². The van der Waals surface area contributed by atoms with Gasteiger partial charge in [-0.3, -0.25) is 0 Å². The van der Waals surface area contributed by atoms with E-state index in [0.717, 1.165) is 11.1 Å². The smallest absolute Gasteiger partial charge is 0.339 e. The maximum atomic E-state index is 12.6. The number of rotatable bonds is 6. The summed E-state index contributed by atoms with van der Waals surface area (Å²) in [5, 5.41) is 9.99. The van der Waals surface area contributed by atoms with Gasteiger partial charge < -0.3 is 14.6 Å². The molecule has 5 nitrogen and oxygen atoms in total. The molecule has 0 saturated heterocycles. The van der Waals surface area contributed by atoms with Crippen molar-refractivity contribution in [3.8, 4) is 5.75 Å². The highest BCUT2D eigenvalue weighted by Crippen LogP contribution is 2.24. The van der Waals surface area contributed by atoms with Crippen LogP contribution in [0.1, 0.15) is 37.4 Å². The van der Waals surface area contributed by atoms with Gasteiger partial charge in [-0.1, -0.05) is 60.7 Å². The third-order valence-corrected chi connectivity index (χ3v) is 4.20. The molecule has 0 heterocycles. The summed E-state index contributed by atoms with van der Waals surface area (Å²) < 4.78 is 10.6. The number of phenols is 1. The monoisotopic (exact) mass is 376 g/mol. The van der Waals surface area contributed by atoms with Crippen molar-refractivity contribution >= 4 is 11.9 Å². The predicted molar refractivity (Wildman–Crippen MR) is 104 cm³/mol. The van der Waals surface area contributed by atoms with Crippen LogP contribution in [0.25, 0.3) is 0 Å². The first-order valence-corrected chi connectivity index (χ1v) is 8.80. The summed E-state index contributed by atoms with van der Waals surface area (Å²) in [7, 11) is 0. The standard InChI is InChI=1S/C23H20O5/c1-16-12-19(22(25)27-14-17-8-4-2-5-9-17)20(13-21(16)24)23(26)28-15-18-10-6-3-7-11-18/h2-13,24H,14-15H2,1H3. The lowest BCUT2D eigenvalue weighted by Gasteiger charge is -2.12. The SMILES string of the molecule is Cc1cc(C(=O)OCc2ccccc2)c(C(=O)OCc2ccccc2)cc1O. The molecule has 0 unspecified atom stereocenters. The zero-order chi connectivity index (χ0) is 19.9. The Morgan fingerprint density at radius 1 is 0.750 bits per heavy atom. The first-order chi connectivity index (χ1) is 13.5. The average Bonchev–Trinajstić information content (AvgIpc) is 2.73. The number of aromatic hydroxyl groups is 1. The maximum Gasteiger partial charge on any atom is 0.339 e. The third kappa shape index (κ3) is 4.76. The fourth-order valence-electron chi connectivity index (χ4n) is 2.64. The molecule has 1 N–H and O–H groups in total. The van der Waals surface area contributed by atoms with E-state index < -0.39 is 11.9 Å². The number of ether oxygens (including phenoxy) is 2. The largest absolute Gasteiger partial charge is 0.508 e. The molecule has 0 saturated carbocycles. The highest BCUT2D eigenvalue weighted by atomic mass is 16.5. The average molecular weight is 376 g/mol. The molecule has 0 atom stereocenters. The van der Waals surface area contributed by atoms with E-state index in [1.807, 2.05) is 60.7 Å². The highest BCUT2D eigenvalue weighted by molar-refractivity contribution is 6.03. The second-order valence-corrected chi connectivity index (χ2v) is 6.31. The summed E-state index contributed by atoms with van der Waals surface area (Å²) in [6, 6.07) is 21.1. The Hall–Kier alpha value is -3.60. The topological polar surface area (TPSA) is 72.8 Å². The fraction of sp³-hybridized carbons (Fsp3) is 0.130. The number of benzene rings is 3. The van der Waals surface area contributed by atoms with Gasteiger partial charge in [-0.25, -0.2) is 9.59 Å². The molecule has 3 aromatic rings. The summed E-state index contributed by atoms with van der Waals surface area (Å²) in [5.41, 5.74) is 2.15. The minimum Gasteiger partial charge on any atom is -0.508 e. The molecule has 3 aromatic carbocycles. The first-order valence-electron chi connectivity index (χ1n) is 8.80. The van der Waals surface area contributed by atoms with Crippen LogP contribution >= 0.6 is 0 Å². The van der Waals surface area contributed by atoms with Crippen LogP contribution < -0.4 is 0 Å². The van der Waals surface area contributed by atoms with Crippen LogP contribution in [0.15, 0.2) is 72.8 Å². The number of esters is 2. The molecule has 0 radical (unpaired) electrons. The normalized spacial score (nSPS) is 10.3. The highest BCUT2D eigenvalue weighted by Gasteiger charge is 2.22. The molecular formula is C23H20O5. The van der Waals surface area contributed by atoms with Crippen LogP contribution in [0.4, 0.5) is 0 Å². The van der Waals surface area contributed by atoms with E-state index in [4.69, 9.17) is 9.47 Å². The molecule has 28 heavy (non-hydrogen) atoms. The van der Waals surface area contributed by atoms with E-state index in [9.17, 15) is 14.7 Å². The Kier molecular flexibility index (Phi) is 6.07. The fourth-order valence-corrected chi connectivity index (χ4v) is 2.64. The number of aryl methyl sites for hydroxylation is 1. The second kappa shape index (κ2) is 8.86. The Bertz CT molecular complexity index is 885. The molecular weight excluding hydrogens is 356 g/mol. The van der Waals surface area contributed by atoms with Crippen LogP contribution in [0.3, 0.4) is 0 Å². The van der Waals surface area contributed by atoms with E-state index in [2.05, 4.69) is 0 Å². The van der Waals surface area contributed by atoms with Crippen molar-refractivity contribution < 1.29 is 24.2 Å². The van der Waals surface area contributed by atoms with Crippen LogP contribution in [0, 0.1) is 6.92 Å². The Balaban J connectivity index is 1.77. The van der Waals surface area contributed by atoms with Gasteiger partial charge in [0.1, 0.15) is 19.0 Å². The summed E-state index contributed by atoms with van der Waals surface area (Å²) in [6.07, 6.45) is 0. The summed E-state index contributed by atoms with van der Waals surface area (Å²) in [6.45, 7) is 1.79. The Morgan fingerprint density at radius 2 is 1.18 bits per heavy atom. The maximum absolute atomic E-state index is 12.6. The van der Waals surface area contributed by atoms with Gasteiger partial charge in [0, 0.05) is 0 Å². The lowest BCUT2D eigenvalue weighted by molar-refractivity contribution is 0.0425. The molecule has 0 aliphatic heterocycles. The summed E-state index contributed by atoms with van der Waals surface area (Å²) in [4.78, 5) is 25.1. The minimum atomic E-state index is -0.703. The van der Waals surface area contributed by atoms with Gasteiger partial charge in [-0.2, -0.15) is 0 Å². The van der Waals surface area contributed by atoms with Crippen LogP contribution in [0.2, 0.25) is 0 Å². The second-order valence-electron chi connectivity index (χ2n) is 6.31. The number of phenolic OH excluding ortho intramolecular Hbond substituents is 1. The van der Waals surface area contributed by atoms with Gasteiger partial charge in [0.05, 0.1) is 11.1 Å². The van der Waals surface area contributed by atoms with Gasteiger partial charge in [0.15, 0.2) is 0 Å². The number of carbonyl (C=O) groups excluding carboxylic acids is 2. The van der Waals surface area contributed by atoms with E-state index in [1.54, 1.807) is 6.92 Å². The molecule has 0 aliphatic carbocycles. The van der Waals surface area contributed by atoms with Crippen LogP contribution in [-0.2, 0) is 22.7 Å². The van der Waals surface area contributed by atoms with Gasteiger partial charge in [-0.15, -0.1) is 0 Å². The Morgan fingerprint density at radius 3 is 1.64 bits per heavy atom. The van der Waals surface area contributed by atoms with Crippen LogP contribution in [0.5, 0.6) is 5.75 Å². The minimum absolute atomic E-state index is 0.0305. The summed E-state index contributed by atoms with van der Waals surface area (Å²) >= 11 is 0. The molecule has 0 aliphatic rings. The molecule has 0 amide bonds. The van der Waals surface area contributed by atoms with E-state index in [1.165, 1.54) is 12.1 Å². The lowest BCUT2D eigenvalue weighted by Crippen LogP contribution is -2.14. The van der Waals surface area contributed by atoms with Crippen molar-refractivity contribution in [2.24, 2.45) is 0 Å². The zero-order valence-corrected chi connectivity index (χ0v) is 15.4. The summed E-state index contributed by atoms with van der Waals surface area (Å²) in [5.74, 6) is -1.45. The quantitative estimate of drug-likeness (QED) is 0.645. The van der Waals surface area contributed by atoms with Crippen molar-refractivity contribution in [1.82, 2.24) is 0 Å². The van der Waals surface area contributed by atoms with E-state index in [0.29, 0.717) is 5.56 Å². The van der Waals surface area contributed by atoms with Gasteiger partial charge in [-0.05, 0) is 35.7 Å². The van der Waals surface area contributed by atoms with E-state index in [-0.39, 0.29) is 30.1 Å². The molecule has 142 valence electrons. The van der Waals surface area contributed by atoms with Gasteiger partial charge in [0.25, 0.3) is 0 Å². The van der Waals surface area contributed by atoms with Crippen molar-refractivity contribution in [1.29, 1.82) is 0 Å². The molecule has 0 aromatic heterocycles. The molecule has 5 heteroatoms. The number of hydrogen-bond acceptors (Lipinski definition) is 5. The predicted octanol–water partition coefficient (Wildman–Crippen LogP) is 4.41. The first kappa shape index (κ1) is 19.2. The molecule has 0 fully saturated rings. The molecule has 0 spiro atoms. The van der Waals surface area contributed by atoms with Gasteiger partial charge >= 0.3 is 11.9 Å². The Labute approximate surface area is 163 Å². The van der Waals surface area contributed by atoms with Crippen LogP contribution in [-0.4, -0.2) is 17.0 Å². The molecule has 0 bridgehead atoms. The third-order valence-electron chi connectivity index (χ3n) is 4.20.